The fourth-order valence-electron chi connectivity index (χ4n) is 2.01. The van der Waals surface area contributed by atoms with Crippen molar-refractivity contribution in [2.45, 2.75) is 45.7 Å². The van der Waals surface area contributed by atoms with Gasteiger partial charge in [-0.2, -0.15) is 0 Å². The van der Waals surface area contributed by atoms with Crippen molar-refractivity contribution in [3.05, 3.63) is 34.3 Å². The van der Waals surface area contributed by atoms with Gasteiger partial charge in [0.25, 0.3) is 0 Å². The number of halogens is 1. The van der Waals surface area contributed by atoms with E-state index in [9.17, 15) is 9.59 Å². The molecule has 0 radical (unpaired) electrons. The lowest BCUT2D eigenvalue weighted by atomic mass is 9.94. The first kappa shape index (κ1) is 16.7. The van der Waals surface area contributed by atoms with Gasteiger partial charge >= 0.3 is 0 Å². The van der Waals surface area contributed by atoms with Gasteiger partial charge in [0.2, 0.25) is 11.8 Å². The normalized spacial score (nSPS) is 12.7. The molecule has 5 heteroatoms. The number of rotatable bonds is 5. The molecule has 1 aromatic rings. The minimum absolute atomic E-state index is 0.180. The molecular weight excluding hydrogens is 320 g/mol. The van der Waals surface area contributed by atoms with Crippen molar-refractivity contribution in [1.82, 2.24) is 10.6 Å². The maximum atomic E-state index is 12.0. The zero-order valence-corrected chi connectivity index (χ0v) is 13.9. The quantitative estimate of drug-likeness (QED) is 0.864. The van der Waals surface area contributed by atoms with Crippen LogP contribution in [0.4, 0.5) is 0 Å². The summed E-state index contributed by atoms with van der Waals surface area (Å²) in [6.45, 7) is 7.00. The van der Waals surface area contributed by atoms with Gasteiger partial charge < -0.3 is 10.6 Å². The molecule has 20 heavy (non-hydrogen) atoms. The van der Waals surface area contributed by atoms with Crippen LogP contribution in [0.3, 0.4) is 0 Å². The molecular formula is C15H21BrN2O2. The molecule has 0 saturated heterocycles. The Morgan fingerprint density at radius 1 is 1.35 bits per heavy atom. The molecule has 0 aliphatic carbocycles. The lowest BCUT2D eigenvalue weighted by Crippen LogP contribution is -2.52. The molecule has 0 aromatic heterocycles. The first-order valence-corrected chi connectivity index (χ1v) is 7.32. The first-order chi connectivity index (χ1) is 9.19. The summed E-state index contributed by atoms with van der Waals surface area (Å²) in [5, 5.41) is 5.54. The van der Waals surface area contributed by atoms with Crippen molar-refractivity contribution in [3.8, 4) is 0 Å². The summed E-state index contributed by atoms with van der Waals surface area (Å²) in [7, 11) is 0. The summed E-state index contributed by atoms with van der Waals surface area (Å²) >= 11 is 3.44. The second-order valence-corrected chi connectivity index (χ2v) is 6.52. The number of nitrogens with one attached hydrogen (secondary N) is 2. The fourth-order valence-corrected chi connectivity index (χ4v) is 2.46. The molecule has 110 valence electrons. The highest BCUT2D eigenvalue weighted by atomic mass is 79.9. The van der Waals surface area contributed by atoms with E-state index in [0.29, 0.717) is 6.42 Å². The molecule has 0 spiro atoms. The maximum Gasteiger partial charge on any atom is 0.242 e. The van der Waals surface area contributed by atoms with E-state index in [4.69, 9.17) is 0 Å². The Kier molecular flexibility index (Phi) is 5.74. The van der Waals surface area contributed by atoms with Gasteiger partial charge in [-0.3, -0.25) is 9.59 Å². The van der Waals surface area contributed by atoms with E-state index in [2.05, 4.69) is 26.6 Å². The molecule has 1 atom stereocenters. The number of carbonyl (C=O) groups excluding carboxylic acids is 2. The number of hydrogen-bond donors (Lipinski definition) is 2. The summed E-state index contributed by atoms with van der Waals surface area (Å²) in [5.74, 6) is -0.391. The average molecular weight is 341 g/mol. The Labute approximate surface area is 128 Å². The van der Waals surface area contributed by atoms with Crippen LogP contribution in [0.5, 0.6) is 0 Å². The fraction of sp³-hybridized carbons (Fsp3) is 0.467. The standard InChI is InChI=1S/C15H21BrN2O2/c1-10(17-11(2)19)14(20)18-15(3,4)9-12-6-5-7-13(16)8-12/h5-8,10H,9H2,1-4H3,(H,17,19)(H,18,20)/t10-/m1/s1. The van der Waals surface area contributed by atoms with Crippen LogP contribution >= 0.6 is 15.9 Å². The highest BCUT2D eigenvalue weighted by Gasteiger charge is 2.24. The molecule has 0 aliphatic heterocycles. The van der Waals surface area contributed by atoms with Crippen LogP contribution in [0.2, 0.25) is 0 Å². The molecule has 4 nitrogen and oxygen atoms in total. The van der Waals surface area contributed by atoms with Crippen molar-refractivity contribution in [3.63, 3.8) is 0 Å². The monoisotopic (exact) mass is 340 g/mol. The third-order valence-corrected chi connectivity index (χ3v) is 3.30. The Morgan fingerprint density at radius 2 is 2.00 bits per heavy atom. The van der Waals surface area contributed by atoms with E-state index in [1.165, 1.54) is 6.92 Å². The minimum Gasteiger partial charge on any atom is -0.349 e. The van der Waals surface area contributed by atoms with Gasteiger partial charge in [-0.05, 0) is 44.9 Å². The second-order valence-electron chi connectivity index (χ2n) is 5.60. The first-order valence-electron chi connectivity index (χ1n) is 6.53. The second kappa shape index (κ2) is 6.88. The van der Waals surface area contributed by atoms with Gasteiger partial charge in [0, 0.05) is 16.9 Å². The van der Waals surface area contributed by atoms with Crippen LogP contribution in [0.1, 0.15) is 33.3 Å². The Balaban J connectivity index is 2.65. The molecule has 2 N–H and O–H groups in total. The molecule has 0 unspecified atom stereocenters. The summed E-state index contributed by atoms with van der Waals surface area (Å²) in [5.41, 5.74) is 0.752. The van der Waals surface area contributed by atoms with Crippen molar-refractivity contribution in [2.75, 3.05) is 0 Å². The van der Waals surface area contributed by atoms with E-state index in [0.717, 1.165) is 10.0 Å². The van der Waals surface area contributed by atoms with Crippen molar-refractivity contribution >= 4 is 27.7 Å². The number of benzene rings is 1. The number of carbonyl (C=O) groups is 2. The highest BCUT2D eigenvalue weighted by molar-refractivity contribution is 9.10. The molecule has 1 aromatic carbocycles. The van der Waals surface area contributed by atoms with E-state index in [1.807, 2.05) is 38.1 Å². The van der Waals surface area contributed by atoms with Gasteiger partial charge in [0.15, 0.2) is 0 Å². The van der Waals surface area contributed by atoms with E-state index in [1.54, 1.807) is 6.92 Å². The maximum absolute atomic E-state index is 12.0. The zero-order valence-electron chi connectivity index (χ0n) is 12.3. The predicted molar refractivity (Wildman–Crippen MR) is 83.3 cm³/mol. The summed E-state index contributed by atoms with van der Waals surface area (Å²) < 4.78 is 1.02. The van der Waals surface area contributed by atoms with Crippen LogP contribution in [0.15, 0.2) is 28.7 Å². The van der Waals surface area contributed by atoms with Gasteiger partial charge in [-0.25, -0.2) is 0 Å². The van der Waals surface area contributed by atoms with Crippen LogP contribution in [0.25, 0.3) is 0 Å². The predicted octanol–water partition coefficient (Wildman–Crippen LogP) is 2.41. The van der Waals surface area contributed by atoms with E-state index < -0.39 is 6.04 Å². The van der Waals surface area contributed by atoms with Crippen LogP contribution in [0, 0.1) is 0 Å². The molecule has 0 saturated carbocycles. The van der Waals surface area contributed by atoms with Crippen molar-refractivity contribution < 1.29 is 9.59 Å². The lowest BCUT2D eigenvalue weighted by molar-refractivity contribution is -0.128. The Morgan fingerprint density at radius 3 is 2.55 bits per heavy atom. The third kappa shape index (κ3) is 5.74. The van der Waals surface area contributed by atoms with Gasteiger partial charge in [-0.15, -0.1) is 0 Å². The van der Waals surface area contributed by atoms with Crippen molar-refractivity contribution in [1.29, 1.82) is 0 Å². The molecule has 2 amide bonds. The number of amides is 2. The molecule has 1 rings (SSSR count). The SMILES string of the molecule is CC(=O)N[C@H](C)C(=O)NC(C)(C)Cc1cccc(Br)c1. The lowest BCUT2D eigenvalue weighted by Gasteiger charge is -2.28. The zero-order chi connectivity index (χ0) is 15.3. The van der Waals surface area contributed by atoms with Gasteiger partial charge in [0.05, 0.1) is 0 Å². The summed E-state index contributed by atoms with van der Waals surface area (Å²) in [6.07, 6.45) is 0.713. The molecule has 0 aliphatic rings. The highest BCUT2D eigenvalue weighted by Crippen LogP contribution is 2.17. The van der Waals surface area contributed by atoms with Gasteiger partial charge in [0.1, 0.15) is 6.04 Å². The molecule has 0 heterocycles. The topological polar surface area (TPSA) is 58.2 Å². The van der Waals surface area contributed by atoms with E-state index in [-0.39, 0.29) is 17.4 Å². The van der Waals surface area contributed by atoms with Crippen molar-refractivity contribution in [2.24, 2.45) is 0 Å². The minimum atomic E-state index is -0.533. The Bertz CT molecular complexity index is 500. The molecule has 0 bridgehead atoms. The van der Waals surface area contributed by atoms with E-state index >= 15 is 0 Å². The largest absolute Gasteiger partial charge is 0.349 e. The Hall–Kier alpha value is -1.36. The van der Waals surface area contributed by atoms with Crippen LogP contribution < -0.4 is 10.6 Å². The smallest absolute Gasteiger partial charge is 0.242 e. The summed E-state index contributed by atoms with van der Waals surface area (Å²) in [4.78, 5) is 23.0. The number of hydrogen-bond acceptors (Lipinski definition) is 2. The summed E-state index contributed by atoms with van der Waals surface area (Å²) in [6, 6.07) is 7.46. The third-order valence-electron chi connectivity index (χ3n) is 2.81. The molecule has 0 fully saturated rings. The average Bonchev–Trinajstić information content (AvgIpc) is 2.26. The van der Waals surface area contributed by atoms with Crippen LogP contribution in [-0.2, 0) is 16.0 Å². The van der Waals surface area contributed by atoms with Crippen LogP contribution in [-0.4, -0.2) is 23.4 Å². The van der Waals surface area contributed by atoms with Gasteiger partial charge in [-0.1, -0.05) is 28.1 Å².